The molecule has 0 unspecified atom stereocenters. The van der Waals surface area contributed by atoms with Crippen molar-refractivity contribution < 1.29 is 9.18 Å². The van der Waals surface area contributed by atoms with E-state index in [1.54, 1.807) is 22.7 Å². The summed E-state index contributed by atoms with van der Waals surface area (Å²) in [6.07, 6.45) is 3.57. The summed E-state index contributed by atoms with van der Waals surface area (Å²) in [5, 5.41) is 2.69. The van der Waals surface area contributed by atoms with E-state index >= 15 is 0 Å². The van der Waals surface area contributed by atoms with Crippen molar-refractivity contribution >= 4 is 28.1 Å². The molecule has 1 aliphatic heterocycles. The van der Waals surface area contributed by atoms with Crippen LogP contribution in [0, 0.1) is 5.82 Å². The van der Waals surface area contributed by atoms with E-state index in [4.69, 9.17) is 0 Å². The molecule has 170 valence electrons. The predicted molar refractivity (Wildman–Crippen MR) is 125 cm³/mol. The Bertz CT molecular complexity index is 1390. The van der Waals surface area contributed by atoms with Crippen LogP contribution in [-0.2, 0) is 6.54 Å². The van der Waals surface area contributed by atoms with E-state index in [2.05, 4.69) is 20.2 Å². The number of rotatable bonds is 5. The van der Waals surface area contributed by atoms with Crippen molar-refractivity contribution in [1.29, 1.82) is 0 Å². The summed E-state index contributed by atoms with van der Waals surface area (Å²) in [6.45, 7) is 5.93. The fourth-order valence-electron chi connectivity index (χ4n) is 4.39. The van der Waals surface area contributed by atoms with Gasteiger partial charge in [-0.25, -0.2) is 9.18 Å². The molecule has 1 aromatic carbocycles. The standard InChI is InChI=1S/C24H25FN6O2/c1-2-26-23(32)17-5-6-20(18(25)13-17)30-10-8-29(9-11-30)15-16-12-19-22(27-14-16)21-4-3-7-31(21)24(33)28-19/h3-7,12-14H,2,8-11,15H2,1H3,(H,26,32)(H,28,33). The molecule has 9 heteroatoms. The maximum absolute atomic E-state index is 14.7. The molecule has 1 aliphatic rings. The number of pyridine rings is 1. The maximum atomic E-state index is 14.7. The van der Waals surface area contributed by atoms with Crippen LogP contribution in [0.1, 0.15) is 22.8 Å². The van der Waals surface area contributed by atoms with Crippen molar-refractivity contribution in [3.8, 4) is 0 Å². The number of aromatic amines is 1. The van der Waals surface area contributed by atoms with E-state index in [9.17, 15) is 14.0 Å². The molecule has 0 bridgehead atoms. The Kier molecular flexibility index (Phi) is 5.55. The molecule has 4 aromatic rings. The Morgan fingerprint density at radius 2 is 2.00 bits per heavy atom. The van der Waals surface area contributed by atoms with Gasteiger partial charge in [-0.3, -0.25) is 19.1 Å². The highest BCUT2D eigenvalue weighted by Gasteiger charge is 2.21. The quantitative estimate of drug-likeness (QED) is 0.490. The lowest BCUT2D eigenvalue weighted by atomic mass is 10.1. The minimum atomic E-state index is -0.383. The Morgan fingerprint density at radius 1 is 1.18 bits per heavy atom. The highest BCUT2D eigenvalue weighted by molar-refractivity contribution is 5.94. The molecule has 4 heterocycles. The van der Waals surface area contributed by atoms with Gasteiger partial charge in [0.15, 0.2) is 0 Å². The van der Waals surface area contributed by atoms with E-state index in [0.29, 0.717) is 37.4 Å². The van der Waals surface area contributed by atoms with Crippen LogP contribution in [0.25, 0.3) is 16.6 Å². The van der Waals surface area contributed by atoms with Gasteiger partial charge < -0.3 is 15.2 Å². The van der Waals surface area contributed by atoms with Crippen molar-refractivity contribution in [1.82, 2.24) is 24.6 Å². The summed E-state index contributed by atoms with van der Waals surface area (Å²) in [5.74, 6) is -0.651. The zero-order chi connectivity index (χ0) is 22.9. The summed E-state index contributed by atoms with van der Waals surface area (Å²) in [6, 6.07) is 10.3. The van der Waals surface area contributed by atoms with Crippen molar-refractivity contribution in [3.63, 3.8) is 0 Å². The molecule has 1 amide bonds. The number of fused-ring (bicyclic) bond motifs is 3. The number of anilines is 1. The summed E-state index contributed by atoms with van der Waals surface area (Å²) in [7, 11) is 0. The summed E-state index contributed by atoms with van der Waals surface area (Å²) >= 11 is 0. The topological polar surface area (TPSA) is 85.7 Å². The first kappa shape index (κ1) is 21.1. The number of benzene rings is 1. The predicted octanol–water partition coefficient (Wildman–Crippen LogP) is 2.39. The van der Waals surface area contributed by atoms with Crippen LogP contribution < -0.4 is 15.9 Å². The molecule has 33 heavy (non-hydrogen) atoms. The molecule has 0 aliphatic carbocycles. The summed E-state index contributed by atoms with van der Waals surface area (Å²) < 4.78 is 16.2. The highest BCUT2D eigenvalue weighted by atomic mass is 19.1. The number of carbonyl (C=O) groups is 1. The zero-order valence-electron chi connectivity index (χ0n) is 18.3. The Hall–Kier alpha value is -3.72. The second-order valence-corrected chi connectivity index (χ2v) is 8.22. The lowest BCUT2D eigenvalue weighted by Gasteiger charge is -2.36. The van der Waals surface area contributed by atoms with Crippen molar-refractivity contribution in [2.75, 3.05) is 37.6 Å². The lowest BCUT2D eigenvalue weighted by Crippen LogP contribution is -2.46. The molecule has 1 saturated heterocycles. The van der Waals surface area contributed by atoms with Gasteiger partial charge in [0, 0.05) is 57.2 Å². The number of piperazine rings is 1. The molecule has 2 N–H and O–H groups in total. The molecule has 0 atom stereocenters. The number of amides is 1. The number of aromatic nitrogens is 3. The second-order valence-electron chi connectivity index (χ2n) is 8.22. The fourth-order valence-corrected chi connectivity index (χ4v) is 4.39. The fraction of sp³-hybridized carbons (Fsp3) is 0.292. The minimum Gasteiger partial charge on any atom is -0.367 e. The van der Waals surface area contributed by atoms with Gasteiger partial charge in [0.2, 0.25) is 0 Å². The second kappa shape index (κ2) is 8.67. The van der Waals surface area contributed by atoms with Crippen LogP contribution in [0.5, 0.6) is 0 Å². The summed E-state index contributed by atoms with van der Waals surface area (Å²) in [5.41, 5.74) is 3.94. The first-order valence-electron chi connectivity index (χ1n) is 11.1. The number of H-pyrrole nitrogens is 1. The first-order valence-corrected chi connectivity index (χ1v) is 11.1. The van der Waals surface area contributed by atoms with Crippen molar-refractivity contribution in [2.45, 2.75) is 13.5 Å². The minimum absolute atomic E-state index is 0.185. The van der Waals surface area contributed by atoms with Gasteiger partial charge in [-0.15, -0.1) is 0 Å². The maximum Gasteiger partial charge on any atom is 0.330 e. The van der Waals surface area contributed by atoms with Crippen LogP contribution in [0.4, 0.5) is 10.1 Å². The van der Waals surface area contributed by atoms with Crippen molar-refractivity contribution in [2.24, 2.45) is 0 Å². The van der Waals surface area contributed by atoms with E-state index in [1.807, 2.05) is 36.2 Å². The highest BCUT2D eigenvalue weighted by Crippen LogP contribution is 2.23. The third-order valence-electron chi connectivity index (χ3n) is 6.06. The van der Waals surface area contributed by atoms with E-state index in [-0.39, 0.29) is 17.4 Å². The van der Waals surface area contributed by atoms with Gasteiger partial charge >= 0.3 is 5.69 Å². The number of hydrogen-bond donors (Lipinski definition) is 2. The van der Waals surface area contributed by atoms with Gasteiger partial charge in [-0.2, -0.15) is 0 Å². The van der Waals surface area contributed by atoms with Gasteiger partial charge in [-0.1, -0.05) is 0 Å². The molecule has 8 nitrogen and oxygen atoms in total. The van der Waals surface area contributed by atoms with Gasteiger partial charge in [-0.05, 0) is 48.9 Å². The third kappa shape index (κ3) is 4.07. The Morgan fingerprint density at radius 3 is 2.76 bits per heavy atom. The average Bonchev–Trinajstić information content (AvgIpc) is 3.31. The van der Waals surface area contributed by atoms with Crippen LogP contribution in [0.15, 0.2) is 53.6 Å². The van der Waals surface area contributed by atoms with Crippen LogP contribution in [0.3, 0.4) is 0 Å². The molecule has 3 aromatic heterocycles. The Labute approximate surface area is 189 Å². The largest absolute Gasteiger partial charge is 0.367 e. The van der Waals surface area contributed by atoms with Crippen LogP contribution in [0.2, 0.25) is 0 Å². The molecule has 0 radical (unpaired) electrons. The average molecular weight is 449 g/mol. The van der Waals surface area contributed by atoms with Gasteiger partial charge in [0.25, 0.3) is 5.91 Å². The third-order valence-corrected chi connectivity index (χ3v) is 6.06. The van der Waals surface area contributed by atoms with E-state index in [0.717, 1.165) is 35.2 Å². The van der Waals surface area contributed by atoms with Crippen LogP contribution in [-0.4, -0.2) is 57.9 Å². The molecular formula is C24H25FN6O2. The summed E-state index contributed by atoms with van der Waals surface area (Å²) in [4.78, 5) is 36.0. The molecule has 0 spiro atoms. The smallest absolute Gasteiger partial charge is 0.330 e. The van der Waals surface area contributed by atoms with Gasteiger partial charge in [0.05, 0.1) is 16.7 Å². The van der Waals surface area contributed by atoms with Crippen molar-refractivity contribution in [3.05, 3.63) is 76.2 Å². The number of nitrogens with one attached hydrogen (secondary N) is 2. The number of nitrogens with zero attached hydrogens (tertiary/aromatic N) is 4. The van der Waals surface area contributed by atoms with Crippen LogP contribution >= 0.6 is 0 Å². The number of hydrogen-bond acceptors (Lipinski definition) is 5. The lowest BCUT2D eigenvalue weighted by molar-refractivity contribution is 0.0955. The first-order chi connectivity index (χ1) is 16.0. The monoisotopic (exact) mass is 448 g/mol. The zero-order valence-corrected chi connectivity index (χ0v) is 18.3. The molecule has 1 fully saturated rings. The normalized spacial score (nSPS) is 14.8. The van der Waals surface area contributed by atoms with E-state index in [1.165, 1.54) is 6.07 Å². The van der Waals surface area contributed by atoms with Gasteiger partial charge in [0.1, 0.15) is 11.3 Å². The number of halogens is 1. The SMILES string of the molecule is CCNC(=O)c1ccc(N2CCN(Cc3cnc4c(c3)[nH]c(=O)n3cccc43)CC2)c(F)c1. The van der Waals surface area contributed by atoms with E-state index < -0.39 is 0 Å². The Balaban J connectivity index is 1.26. The molecular weight excluding hydrogens is 423 g/mol. The number of carbonyl (C=O) groups excluding carboxylic acids is 1. The molecule has 0 saturated carbocycles. The molecule has 5 rings (SSSR count).